The summed E-state index contributed by atoms with van der Waals surface area (Å²) in [5, 5.41) is 10.4. The van der Waals surface area contributed by atoms with Crippen molar-refractivity contribution in [2.24, 2.45) is 0 Å². The van der Waals surface area contributed by atoms with Crippen LogP contribution in [0.1, 0.15) is 11.3 Å². The normalized spacial score (nSPS) is 10.6. The Morgan fingerprint density at radius 3 is 2.56 bits per heavy atom. The molecule has 0 bridgehead atoms. The van der Waals surface area contributed by atoms with Gasteiger partial charge >= 0.3 is 0 Å². The van der Waals surface area contributed by atoms with Crippen LogP contribution < -0.4 is 16.7 Å². The maximum atomic E-state index is 13.5. The summed E-state index contributed by atoms with van der Waals surface area (Å²) in [7, 11) is 0. The molecule has 0 spiro atoms. The summed E-state index contributed by atoms with van der Waals surface area (Å²) in [5.74, 6) is 4.71. The summed E-state index contributed by atoms with van der Waals surface area (Å²) >= 11 is 0.939. The third kappa shape index (κ3) is 4.70. The molecule has 9 heteroatoms. The number of aromatic nitrogens is 3. The lowest BCUT2D eigenvalue weighted by molar-refractivity contribution is -0.113. The molecule has 1 aromatic heterocycles. The van der Waals surface area contributed by atoms with Crippen molar-refractivity contribution < 1.29 is 9.18 Å². The molecule has 1 heterocycles. The van der Waals surface area contributed by atoms with Crippen molar-refractivity contribution in [3.63, 3.8) is 0 Å². The molecule has 0 atom stereocenters. The SMILES string of the molecule is Nn1c(SCC(=O)Nc2ccccc2F)nnc(Cc2ccccc2)c1=O. The van der Waals surface area contributed by atoms with Gasteiger partial charge < -0.3 is 11.2 Å². The molecule has 0 unspecified atom stereocenters. The third-order valence-electron chi connectivity index (χ3n) is 3.62. The van der Waals surface area contributed by atoms with E-state index in [1.165, 1.54) is 18.2 Å². The topological polar surface area (TPSA) is 103 Å². The number of benzene rings is 2. The van der Waals surface area contributed by atoms with E-state index in [-0.39, 0.29) is 22.3 Å². The highest BCUT2D eigenvalue weighted by atomic mass is 32.2. The summed E-state index contributed by atoms with van der Waals surface area (Å²) in [6.07, 6.45) is 0.308. The largest absolute Gasteiger partial charge is 0.334 e. The summed E-state index contributed by atoms with van der Waals surface area (Å²) in [6.45, 7) is 0. The highest BCUT2D eigenvalue weighted by Crippen LogP contribution is 2.15. The van der Waals surface area contributed by atoms with Gasteiger partial charge in [0.2, 0.25) is 11.1 Å². The Morgan fingerprint density at radius 1 is 1.11 bits per heavy atom. The summed E-state index contributed by atoms with van der Waals surface area (Å²) in [6, 6.07) is 15.2. The number of nitrogen functional groups attached to an aromatic ring is 1. The van der Waals surface area contributed by atoms with Crippen LogP contribution in [0.3, 0.4) is 0 Å². The van der Waals surface area contributed by atoms with Gasteiger partial charge in [0.1, 0.15) is 11.5 Å². The number of carbonyl (C=O) groups is 1. The number of anilines is 1. The number of hydrogen-bond acceptors (Lipinski definition) is 6. The van der Waals surface area contributed by atoms with Gasteiger partial charge in [0, 0.05) is 6.42 Å². The molecule has 0 saturated carbocycles. The van der Waals surface area contributed by atoms with E-state index in [0.717, 1.165) is 22.0 Å². The van der Waals surface area contributed by atoms with Crippen molar-refractivity contribution in [1.29, 1.82) is 0 Å². The Balaban J connectivity index is 1.65. The minimum absolute atomic E-state index is 0.0810. The first kappa shape index (κ1) is 18.6. The van der Waals surface area contributed by atoms with E-state index in [1.807, 2.05) is 30.3 Å². The molecule has 0 aliphatic heterocycles. The fraction of sp³-hybridized carbons (Fsp3) is 0.111. The van der Waals surface area contributed by atoms with E-state index in [2.05, 4.69) is 15.5 Å². The number of nitrogens with two attached hydrogens (primary N) is 1. The van der Waals surface area contributed by atoms with Gasteiger partial charge in [0.05, 0.1) is 11.4 Å². The van der Waals surface area contributed by atoms with E-state index in [0.29, 0.717) is 6.42 Å². The summed E-state index contributed by atoms with van der Waals surface area (Å²) < 4.78 is 14.4. The Morgan fingerprint density at radius 2 is 1.81 bits per heavy atom. The van der Waals surface area contributed by atoms with Crippen LogP contribution in [-0.4, -0.2) is 26.5 Å². The molecule has 3 rings (SSSR count). The Bertz CT molecular complexity index is 1010. The molecule has 3 N–H and O–H groups in total. The molecular weight excluding hydrogens is 369 g/mol. The molecule has 0 aliphatic carbocycles. The van der Waals surface area contributed by atoms with Gasteiger partial charge in [-0.05, 0) is 17.7 Å². The molecule has 0 radical (unpaired) electrons. The first-order chi connectivity index (χ1) is 13.0. The molecule has 7 nitrogen and oxygen atoms in total. The first-order valence-corrected chi connectivity index (χ1v) is 8.98. The lowest BCUT2D eigenvalue weighted by Crippen LogP contribution is -2.34. The van der Waals surface area contributed by atoms with Crippen LogP contribution >= 0.6 is 11.8 Å². The third-order valence-corrected chi connectivity index (χ3v) is 4.57. The van der Waals surface area contributed by atoms with E-state index in [1.54, 1.807) is 6.07 Å². The number of hydrogen-bond donors (Lipinski definition) is 2. The molecule has 1 amide bonds. The fourth-order valence-electron chi connectivity index (χ4n) is 2.30. The second-order valence-corrected chi connectivity index (χ2v) is 6.53. The molecule has 27 heavy (non-hydrogen) atoms. The molecule has 0 fully saturated rings. The van der Waals surface area contributed by atoms with E-state index >= 15 is 0 Å². The molecule has 0 aliphatic rings. The molecular formula is C18H16FN5O2S. The Hall–Kier alpha value is -3.20. The van der Waals surface area contributed by atoms with Gasteiger partial charge in [-0.25, -0.2) is 4.39 Å². The van der Waals surface area contributed by atoms with Gasteiger partial charge in [0.15, 0.2) is 0 Å². The number of halogens is 1. The van der Waals surface area contributed by atoms with Crippen molar-refractivity contribution in [3.8, 4) is 0 Å². The van der Waals surface area contributed by atoms with Crippen molar-refractivity contribution in [2.45, 2.75) is 11.6 Å². The minimum Gasteiger partial charge on any atom is -0.334 e. The van der Waals surface area contributed by atoms with E-state index in [9.17, 15) is 14.0 Å². The lowest BCUT2D eigenvalue weighted by Gasteiger charge is -2.08. The van der Waals surface area contributed by atoms with Crippen molar-refractivity contribution >= 4 is 23.4 Å². The van der Waals surface area contributed by atoms with Crippen LogP contribution in [0.15, 0.2) is 64.5 Å². The zero-order chi connectivity index (χ0) is 19.2. The van der Waals surface area contributed by atoms with E-state index < -0.39 is 17.3 Å². The van der Waals surface area contributed by atoms with Gasteiger partial charge in [-0.1, -0.05) is 54.2 Å². The van der Waals surface area contributed by atoms with E-state index in [4.69, 9.17) is 5.84 Å². The predicted octanol–water partition coefficient (Wildman–Crippen LogP) is 1.81. The zero-order valence-electron chi connectivity index (χ0n) is 14.1. The van der Waals surface area contributed by atoms with Gasteiger partial charge in [-0.3, -0.25) is 9.59 Å². The van der Waals surface area contributed by atoms with Crippen LogP contribution in [-0.2, 0) is 11.2 Å². The highest BCUT2D eigenvalue weighted by molar-refractivity contribution is 7.99. The number of nitrogens with one attached hydrogen (secondary N) is 1. The average Bonchev–Trinajstić information content (AvgIpc) is 2.67. The van der Waals surface area contributed by atoms with Crippen LogP contribution in [0, 0.1) is 5.82 Å². The second-order valence-electron chi connectivity index (χ2n) is 5.58. The standard InChI is InChI=1S/C18H16FN5O2S/c19-13-8-4-5-9-14(13)21-16(25)11-27-18-23-22-15(17(26)24(18)20)10-12-6-2-1-3-7-12/h1-9H,10-11,20H2,(H,21,25). The highest BCUT2D eigenvalue weighted by Gasteiger charge is 2.13. The fourth-order valence-corrected chi connectivity index (χ4v) is 2.95. The lowest BCUT2D eigenvalue weighted by atomic mass is 10.1. The number of para-hydroxylation sites is 1. The number of rotatable bonds is 6. The van der Waals surface area contributed by atoms with Crippen LogP contribution in [0.4, 0.5) is 10.1 Å². The van der Waals surface area contributed by atoms with Crippen molar-refractivity contribution in [1.82, 2.24) is 14.9 Å². The maximum Gasteiger partial charge on any atom is 0.294 e. The number of amides is 1. The number of thioether (sulfide) groups is 1. The van der Waals surface area contributed by atoms with Gasteiger partial charge in [-0.2, -0.15) is 4.68 Å². The maximum absolute atomic E-state index is 13.5. The van der Waals surface area contributed by atoms with Gasteiger partial charge in [0.25, 0.3) is 5.56 Å². The monoisotopic (exact) mass is 385 g/mol. The van der Waals surface area contributed by atoms with Crippen LogP contribution in [0.2, 0.25) is 0 Å². The zero-order valence-corrected chi connectivity index (χ0v) is 14.9. The predicted molar refractivity (Wildman–Crippen MR) is 101 cm³/mol. The number of carbonyl (C=O) groups excluding carboxylic acids is 1. The average molecular weight is 385 g/mol. The molecule has 0 saturated heterocycles. The Kier molecular flexibility index (Phi) is 5.82. The molecule has 2 aromatic carbocycles. The van der Waals surface area contributed by atoms with Gasteiger partial charge in [-0.15, -0.1) is 10.2 Å². The second kappa shape index (κ2) is 8.45. The van der Waals surface area contributed by atoms with Crippen molar-refractivity contribution in [3.05, 3.63) is 82.0 Å². The number of nitrogens with zero attached hydrogens (tertiary/aromatic N) is 3. The smallest absolute Gasteiger partial charge is 0.294 e. The van der Waals surface area contributed by atoms with Crippen LogP contribution in [0.5, 0.6) is 0 Å². The first-order valence-electron chi connectivity index (χ1n) is 7.99. The van der Waals surface area contributed by atoms with Crippen molar-refractivity contribution in [2.75, 3.05) is 16.9 Å². The molecule has 3 aromatic rings. The summed E-state index contributed by atoms with van der Waals surface area (Å²) in [5.41, 5.74) is 0.723. The quantitative estimate of drug-likeness (QED) is 0.496. The Labute approximate surface area is 158 Å². The van der Waals surface area contributed by atoms with Crippen LogP contribution in [0.25, 0.3) is 0 Å². The summed E-state index contributed by atoms with van der Waals surface area (Å²) in [4.78, 5) is 24.3. The molecule has 138 valence electrons. The minimum atomic E-state index is -0.531.